The van der Waals surface area contributed by atoms with Gasteiger partial charge in [-0.15, -0.1) is 0 Å². The molecule has 0 aromatic carbocycles. The molecular formula is C12H19BrN4O. The van der Waals surface area contributed by atoms with Crippen LogP contribution in [0.25, 0.3) is 0 Å². The molecule has 0 aliphatic rings. The summed E-state index contributed by atoms with van der Waals surface area (Å²) in [6.07, 6.45) is 2.30. The molecule has 0 atom stereocenters. The molecule has 0 spiro atoms. The lowest BCUT2D eigenvalue weighted by molar-refractivity contribution is 0.317. The Hall–Kier alpha value is -1.30. The van der Waals surface area contributed by atoms with Crippen molar-refractivity contribution in [3.63, 3.8) is 0 Å². The fourth-order valence-corrected chi connectivity index (χ4v) is 1.82. The van der Waals surface area contributed by atoms with E-state index in [0.29, 0.717) is 19.0 Å². The summed E-state index contributed by atoms with van der Waals surface area (Å²) in [5.74, 6) is 1.13. The van der Waals surface area contributed by atoms with Gasteiger partial charge in [-0.25, -0.2) is 4.98 Å². The molecule has 1 aromatic rings. The highest BCUT2D eigenvalue weighted by molar-refractivity contribution is 9.10. The lowest BCUT2D eigenvalue weighted by Crippen LogP contribution is -2.34. The Bertz CT molecular complexity index is 434. The first-order valence-corrected chi connectivity index (χ1v) is 6.60. The second-order valence-corrected chi connectivity index (χ2v) is 5.27. The molecule has 6 heteroatoms. The maximum Gasteiger partial charge on any atom is 0.140 e. The third kappa shape index (κ3) is 3.87. The Morgan fingerprint density at radius 3 is 2.78 bits per heavy atom. The lowest BCUT2D eigenvalue weighted by atomic mass is 10.2. The molecule has 0 fully saturated rings. The minimum absolute atomic E-state index is 0.231. The van der Waals surface area contributed by atoms with Crippen molar-refractivity contribution in [1.29, 1.82) is 0 Å². The number of aryl methyl sites for hydroxylation is 1. The summed E-state index contributed by atoms with van der Waals surface area (Å²) in [5, 5.41) is 11.5. The smallest absolute Gasteiger partial charge is 0.140 e. The molecule has 100 valence electrons. The van der Waals surface area contributed by atoms with Gasteiger partial charge < -0.3 is 15.8 Å². The molecule has 0 bridgehead atoms. The molecule has 0 aliphatic carbocycles. The summed E-state index contributed by atoms with van der Waals surface area (Å²) in [6, 6.07) is 2.32. The number of hydrogen-bond acceptors (Lipinski definition) is 4. The van der Waals surface area contributed by atoms with E-state index in [1.54, 1.807) is 6.20 Å². The van der Waals surface area contributed by atoms with Crippen molar-refractivity contribution in [3.05, 3.63) is 22.3 Å². The zero-order chi connectivity index (χ0) is 13.7. The van der Waals surface area contributed by atoms with Crippen LogP contribution in [0.2, 0.25) is 0 Å². The van der Waals surface area contributed by atoms with Crippen molar-refractivity contribution in [2.75, 3.05) is 11.4 Å². The Morgan fingerprint density at radius 2 is 2.28 bits per heavy atom. The van der Waals surface area contributed by atoms with Crippen molar-refractivity contribution in [2.45, 2.75) is 33.2 Å². The van der Waals surface area contributed by atoms with Gasteiger partial charge in [0.25, 0.3) is 0 Å². The van der Waals surface area contributed by atoms with Crippen LogP contribution >= 0.6 is 15.9 Å². The Labute approximate surface area is 116 Å². The zero-order valence-corrected chi connectivity index (χ0v) is 12.5. The summed E-state index contributed by atoms with van der Waals surface area (Å²) < 4.78 is 0.992. The molecule has 0 amide bonds. The summed E-state index contributed by atoms with van der Waals surface area (Å²) >= 11 is 3.44. The summed E-state index contributed by atoms with van der Waals surface area (Å²) in [6.45, 7) is 6.87. The summed E-state index contributed by atoms with van der Waals surface area (Å²) in [5.41, 5.74) is 6.63. The number of nitrogens with two attached hydrogens (primary N) is 1. The standard InChI is InChI=1S/C12H19BrN4O/c1-8(2)17(5-4-11(14)16-18)12-6-9(3)10(13)7-15-12/h6-8,18H,4-5H2,1-3H3,(H2,14,16). The van der Waals surface area contributed by atoms with E-state index in [1.165, 1.54) is 0 Å². The van der Waals surface area contributed by atoms with E-state index >= 15 is 0 Å². The normalized spacial score (nSPS) is 11.9. The van der Waals surface area contributed by atoms with Crippen LogP contribution in [0.15, 0.2) is 21.9 Å². The van der Waals surface area contributed by atoms with Gasteiger partial charge in [-0.1, -0.05) is 5.16 Å². The number of halogens is 1. The predicted octanol–water partition coefficient (Wildman–Crippen LogP) is 2.50. The highest BCUT2D eigenvalue weighted by atomic mass is 79.9. The molecule has 1 aromatic heterocycles. The molecule has 5 nitrogen and oxygen atoms in total. The monoisotopic (exact) mass is 314 g/mol. The van der Waals surface area contributed by atoms with Gasteiger partial charge in [0.1, 0.15) is 11.7 Å². The molecule has 1 heterocycles. The van der Waals surface area contributed by atoms with Gasteiger partial charge >= 0.3 is 0 Å². The Balaban J connectivity index is 2.87. The van der Waals surface area contributed by atoms with Gasteiger partial charge in [-0.2, -0.15) is 0 Å². The average Bonchev–Trinajstić information content (AvgIpc) is 2.33. The van der Waals surface area contributed by atoms with E-state index in [1.807, 2.05) is 13.0 Å². The molecule has 0 saturated heterocycles. The van der Waals surface area contributed by atoms with Crippen LogP contribution in [0.1, 0.15) is 25.8 Å². The molecule has 3 N–H and O–H groups in total. The Morgan fingerprint density at radius 1 is 1.61 bits per heavy atom. The minimum atomic E-state index is 0.231. The van der Waals surface area contributed by atoms with E-state index in [4.69, 9.17) is 10.9 Å². The average molecular weight is 315 g/mol. The first-order chi connectivity index (χ1) is 8.45. The second kappa shape index (κ2) is 6.58. The number of anilines is 1. The van der Waals surface area contributed by atoms with Crippen LogP contribution < -0.4 is 10.6 Å². The molecule has 0 radical (unpaired) electrons. The molecule has 0 aliphatic heterocycles. The predicted molar refractivity (Wildman–Crippen MR) is 77.2 cm³/mol. The van der Waals surface area contributed by atoms with Crippen LogP contribution in [0.3, 0.4) is 0 Å². The number of pyridine rings is 1. The van der Waals surface area contributed by atoms with E-state index in [0.717, 1.165) is 15.9 Å². The van der Waals surface area contributed by atoms with Crippen molar-refractivity contribution in [1.82, 2.24) is 4.98 Å². The number of nitrogens with zero attached hydrogens (tertiary/aromatic N) is 3. The molecule has 0 unspecified atom stereocenters. The van der Waals surface area contributed by atoms with Crippen LogP contribution in [0.5, 0.6) is 0 Å². The van der Waals surface area contributed by atoms with Crippen LogP contribution in [0, 0.1) is 6.92 Å². The highest BCUT2D eigenvalue weighted by Gasteiger charge is 2.13. The maximum atomic E-state index is 8.56. The van der Waals surface area contributed by atoms with Crippen LogP contribution in [0.4, 0.5) is 5.82 Å². The molecular weight excluding hydrogens is 296 g/mol. The van der Waals surface area contributed by atoms with Crippen molar-refractivity contribution < 1.29 is 5.21 Å². The van der Waals surface area contributed by atoms with Gasteiger partial charge in [0, 0.05) is 29.7 Å². The maximum absolute atomic E-state index is 8.56. The second-order valence-electron chi connectivity index (χ2n) is 4.42. The van der Waals surface area contributed by atoms with Gasteiger partial charge in [-0.3, -0.25) is 0 Å². The molecule has 1 rings (SSSR count). The quantitative estimate of drug-likeness (QED) is 0.379. The number of amidine groups is 1. The third-order valence-electron chi connectivity index (χ3n) is 2.69. The number of rotatable bonds is 5. The van der Waals surface area contributed by atoms with Gasteiger partial charge in [0.15, 0.2) is 0 Å². The van der Waals surface area contributed by atoms with Gasteiger partial charge in [0.2, 0.25) is 0 Å². The fourth-order valence-electron chi connectivity index (χ4n) is 1.60. The highest BCUT2D eigenvalue weighted by Crippen LogP contribution is 2.21. The van der Waals surface area contributed by atoms with Crippen molar-refractivity contribution >= 4 is 27.6 Å². The third-order valence-corrected chi connectivity index (χ3v) is 3.52. The molecule has 18 heavy (non-hydrogen) atoms. The SMILES string of the molecule is Cc1cc(N(CC/C(N)=N/O)C(C)C)ncc1Br. The number of hydrogen-bond donors (Lipinski definition) is 2. The minimum Gasteiger partial charge on any atom is -0.409 e. The first kappa shape index (κ1) is 14.8. The van der Waals surface area contributed by atoms with Gasteiger partial charge in [-0.05, 0) is 48.3 Å². The van der Waals surface area contributed by atoms with Crippen LogP contribution in [-0.2, 0) is 0 Å². The summed E-state index contributed by atoms with van der Waals surface area (Å²) in [4.78, 5) is 6.52. The van der Waals surface area contributed by atoms with E-state index in [-0.39, 0.29) is 5.84 Å². The Kier molecular flexibility index (Phi) is 5.40. The van der Waals surface area contributed by atoms with Crippen molar-refractivity contribution in [3.8, 4) is 0 Å². The van der Waals surface area contributed by atoms with Gasteiger partial charge in [0.05, 0.1) is 0 Å². The number of oxime groups is 1. The number of aromatic nitrogens is 1. The van der Waals surface area contributed by atoms with E-state index in [2.05, 4.69) is 44.8 Å². The topological polar surface area (TPSA) is 74.7 Å². The van der Waals surface area contributed by atoms with E-state index in [9.17, 15) is 0 Å². The summed E-state index contributed by atoms with van der Waals surface area (Å²) in [7, 11) is 0. The molecule has 0 saturated carbocycles. The largest absolute Gasteiger partial charge is 0.409 e. The first-order valence-electron chi connectivity index (χ1n) is 5.81. The lowest BCUT2D eigenvalue weighted by Gasteiger charge is -2.28. The van der Waals surface area contributed by atoms with E-state index < -0.39 is 0 Å². The fraction of sp³-hybridized carbons (Fsp3) is 0.500. The van der Waals surface area contributed by atoms with Crippen molar-refractivity contribution in [2.24, 2.45) is 10.9 Å². The van der Waals surface area contributed by atoms with Crippen LogP contribution in [-0.4, -0.2) is 28.6 Å². The zero-order valence-electron chi connectivity index (χ0n) is 10.9.